The van der Waals surface area contributed by atoms with Crippen molar-refractivity contribution < 1.29 is 13.2 Å². The van der Waals surface area contributed by atoms with E-state index in [9.17, 15) is 13.2 Å². The Labute approximate surface area is 91.1 Å². The van der Waals surface area contributed by atoms with Crippen molar-refractivity contribution in [2.24, 2.45) is 0 Å². The molecule has 0 unspecified atom stereocenters. The predicted molar refractivity (Wildman–Crippen MR) is 52.9 cm³/mol. The summed E-state index contributed by atoms with van der Waals surface area (Å²) in [6.07, 6.45) is -3.68. The number of pyridine rings is 1. The minimum absolute atomic E-state index is 0.213. The van der Waals surface area contributed by atoms with E-state index < -0.39 is 12.6 Å². The van der Waals surface area contributed by atoms with Gasteiger partial charge in [0.1, 0.15) is 11.9 Å². The summed E-state index contributed by atoms with van der Waals surface area (Å²) in [5.41, 5.74) is 0.271. The van der Waals surface area contributed by atoms with E-state index in [1.807, 2.05) is 6.07 Å². The van der Waals surface area contributed by atoms with E-state index in [1.54, 1.807) is 6.07 Å². The number of hydrogen-bond acceptors (Lipinski definition) is 3. The van der Waals surface area contributed by atoms with Crippen molar-refractivity contribution in [1.82, 2.24) is 4.98 Å². The molecule has 0 N–H and O–H groups in total. The van der Waals surface area contributed by atoms with E-state index in [-0.39, 0.29) is 17.9 Å². The summed E-state index contributed by atoms with van der Waals surface area (Å²) in [5, 5.41) is 8.76. The first kappa shape index (κ1) is 12.3. The zero-order chi connectivity index (χ0) is 12.2. The lowest BCUT2D eigenvalue weighted by Gasteiger charge is -2.19. The highest BCUT2D eigenvalue weighted by molar-refractivity contribution is 5.52. The van der Waals surface area contributed by atoms with Crippen LogP contribution in [0.25, 0.3) is 0 Å². The quantitative estimate of drug-likeness (QED) is 0.798. The Hall–Kier alpha value is -1.77. The molecule has 0 aromatic carbocycles. The van der Waals surface area contributed by atoms with Gasteiger partial charge in [0.2, 0.25) is 0 Å². The van der Waals surface area contributed by atoms with E-state index in [1.165, 1.54) is 24.2 Å². The van der Waals surface area contributed by atoms with E-state index in [2.05, 4.69) is 4.98 Å². The Kier molecular flexibility index (Phi) is 3.72. The zero-order valence-electron chi connectivity index (χ0n) is 8.62. The maximum atomic E-state index is 12.0. The van der Waals surface area contributed by atoms with Gasteiger partial charge in [-0.2, -0.15) is 18.4 Å². The third-order valence-electron chi connectivity index (χ3n) is 2.00. The number of nitriles is 1. The van der Waals surface area contributed by atoms with Gasteiger partial charge in [0, 0.05) is 19.8 Å². The molecule has 1 aromatic rings. The van der Waals surface area contributed by atoms with Gasteiger partial charge in [-0.15, -0.1) is 0 Å². The van der Waals surface area contributed by atoms with Crippen LogP contribution < -0.4 is 4.90 Å². The lowest BCUT2D eigenvalue weighted by Crippen LogP contribution is -2.25. The van der Waals surface area contributed by atoms with E-state index >= 15 is 0 Å². The van der Waals surface area contributed by atoms with Crippen molar-refractivity contribution in [2.45, 2.75) is 12.6 Å². The molecule has 0 spiro atoms. The SMILES string of the molecule is CN(CCC(F)(F)F)c1ncccc1C#N. The van der Waals surface area contributed by atoms with Gasteiger partial charge in [0.25, 0.3) is 0 Å². The number of nitrogens with zero attached hydrogens (tertiary/aromatic N) is 3. The molecular formula is C10H10F3N3. The average molecular weight is 229 g/mol. The van der Waals surface area contributed by atoms with Crippen LogP contribution in [0.1, 0.15) is 12.0 Å². The third-order valence-corrected chi connectivity index (χ3v) is 2.00. The molecule has 16 heavy (non-hydrogen) atoms. The molecule has 0 atom stereocenters. The van der Waals surface area contributed by atoms with Crippen molar-refractivity contribution in [3.8, 4) is 6.07 Å². The van der Waals surface area contributed by atoms with Crippen molar-refractivity contribution in [2.75, 3.05) is 18.5 Å². The zero-order valence-corrected chi connectivity index (χ0v) is 8.62. The number of hydrogen-bond donors (Lipinski definition) is 0. The highest BCUT2D eigenvalue weighted by Crippen LogP contribution is 2.22. The molecule has 0 aliphatic heterocycles. The van der Waals surface area contributed by atoms with Crippen LogP contribution >= 0.6 is 0 Å². The fraction of sp³-hybridized carbons (Fsp3) is 0.400. The first-order valence-electron chi connectivity index (χ1n) is 4.57. The monoisotopic (exact) mass is 229 g/mol. The molecule has 1 rings (SSSR count). The molecule has 1 heterocycles. The number of anilines is 1. The summed E-state index contributed by atoms with van der Waals surface area (Å²) in [6.45, 7) is -0.213. The molecule has 0 saturated heterocycles. The minimum Gasteiger partial charge on any atom is -0.358 e. The molecule has 1 aromatic heterocycles. The Morgan fingerprint density at radius 3 is 2.75 bits per heavy atom. The standard InChI is InChI=1S/C10H10F3N3/c1-16(6-4-10(11,12)13)9-8(7-14)3-2-5-15-9/h2-3,5H,4,6H2,1H3. The molecule has 0 aliphatic carbocycles. The molecule has 86 valence electrons. The maximum Gasteiger partial charge on any atom is 0.390 e. The van der Waals surface area contributed by atoms with Crippen LogP contribution in [0.3, 0.4) is 0 Å². The van der Waals surface area contributed by atoms with Gasteiger partial charge < -0.3 is 4.90 Å². The molecule has 0 amide bonds. The van der Waals surface area contributed by atoms with Crippen LogP contribution in [0.2, 0.25) is 0 Å². The number of halogens is 3. The molecule has 0 aliphatic rings. The summed E-state index contributed by atoms with van der Waals surface area (Å²) in [4.78, 5) is 5.21. The summed E-state index contributed by atoms with van der Waals surface area (Å²) >= 11 is 0. The van der Waals surface area contributed by atoms with Gasteiger partial charge in [0.15, 0.2) is 0 Å². The number of aromatic nitrogens is 1. The van der Waals surface area contributed by atoms with Gasteiger partial charge >= 0.3 is 6.18 Å². The number of rotatable bonds is 3. The summed E-state index contributed by atoms with van der Waals surface area (Å²) < 4.78 is 36.0. The summed E-state index contributed by atoms with van der Waals surface area (Å²) in [7, 11) is 1.48. The summed E-state index contributed by atoms with van der Waals surface area (Å²) in [6, 6.07) is 4.98. The maximum absolute atomic E-state index is 12.0. The van der Waals surface area contributed by atoms with Crippen LogP contribution in [-0.2, 0) is 0 Å². The van der Waals surface area contributed by atoms with E-state index in [0.29, 0.717) is 0 Å². The normalized spacial score (nSPS) is 10.9. The second-order valence-corrected chi connectivity index (χ2v) is 3.27. The number of alkyl halides is 3. The molecular weight excluding hydrogens is 219 g/mol. The minimum atomic E-state index is -4.20. The van der Waals surface area contributed by atoms with Crippen LogP contribution in [-0.4, -0.2) is 24.8 Å². The summed E-state index contributed by atoms with van der Waals surface area (Å²) in [5.74, 6) is 0.272. The topological polar surface area (TPSA) is 39.9 Å². The van der Waals surface area contributed by atoms with Crippen molar-refractivity contribution >= 4 is 5.82 Å². The van der Waals surface area contributed by atoms with Gasteiger partial charge in [-0.3, -0.25) is 0 Å². The smallest absolute Gasteiger partial charge is 0.358 e. The Balaban J connectivity index is 2.74. The first-order valence-corrected chi connectivity index (χ1v) is 4.57. The lowest BCUT2D eigenvalue weighted by molar-refractivity contribution is -0.132. The van der Waals surface area contributed by atoms with Crippen LogP contribution in [0.4, 0.5) is 19.0 Å². The molecule has 0 bridgehead atoms. The molecule has 6 heteroatoms. The van der Waals surface area contributed by atoms with Crippen LogP contribution in [0.15, 0.2) is 18.3 Å². The molecule has 0 saturated carbocycles. The Morgan fingerprint density at radius 1 is 1.50 bits per heavy atom. The van der Waals surface area contributed by atoms with Crippen molar-refractivity contribution in [1.29, 1.82) is 5.26 Å². The fourth-order valence-electron chi connectivity index (χ4n) is 1.19. The fourth-order valence-corrected chi connectivity index (χ4v) is 1.19. The Morgan fingerprint density at radius 2 is 2.19 bits per heavy atom. The average Bonchev–Trinajstić information content (AvgIpc) is 2.25. The largest absolute Gasteiger partial charge is 0.390 e. The van der Waals surface area contributed by atoms with E-state index in [4.69, 9.17) is 5.26 Å². The first-order chi connectivity index (χ1) is 7.44. The molecule has 3 nitrogen and oxygen atoms in total. The van der Waals surface area contributed by atoms with Crippen molar-refractivity contribution in [3.05, 3.63) is 23.9 Å². The van der Waals surface area contributed by atoms with Gasteiger partial charge in [0.05, 0.1) is 12.0 Å². The van der Waals surface area contributed by atoms with Crippen LogP contribution in [0, 0.1) is 11.3 Å². The van der Waals surface area contributed by atoms with E-state index in [0.717, 1.165) is 0 Å². The van der Waals surface area contributed by atoms with Crippen molar-refractivity contribution in [3.63, 3.8) is 0 Å². The molecule has 0 radical (unpaired) electrons. The molecule has 0 fully saturated rings. The lowest BCUT2D eigenvalue weighted by atomic mass is 10.2. The van der Waals surface area contributed by atoms with Gasteiger partial charge in [-0.1, -0.05) is 0 Å². The second-order valence-electron chi connectivity index (χ2n) is 3.27. The van der Waals surface area contributed by atoms with Crippen LogP contribution in [0.5, 0.6) is 0 Å². The highest BCUT2D eigenvalue weighted by Gasteiger charge is 2.27. The van der Waals surface area contributed by atoms with Gasteiger partial charge in [-0.05, 0) is 12.1 Å². The second kappa shape index (κ2) is 4.84. The third kappa shape index (κ3) is 3.42. The van der Waals surface area contributed by atoms with Gasteiger partial charge in [-0.25, -0.2) is 4.98 Å². The predicted octanol–water partition coefficient (Wildman–Crippen LogP) is 2.34. The Bertz CT molecular complexity index is 395. The highest BCUT2D eigenvalue weighted by atomic mass is 19.4.